The summed E-state index contributed by atoms with van der Waals surface area (Å²) in [7, 11) is 2.14. The highest BCUT2D eigenvalue weighted by atomic mass is 16.2. The van der Waals surface area contributed by atoms with Gasteiger partial charge in [-0.3, -0.25) is 9.59 Å². The van der Waals surface area contributed by atoms with E-state index < -0.39 is 11.3 Å². The van der Waals surface area contributed by atoms with Gasteiger partial charge in [-0.2, -0.15) is 4.98 Å². The number of nitrogens with one attached hydrogen (secondary N) is 1. The molecule has 1 aliphatic rings. The maximum absolute atomic E-state index is 12.8. The summed E-state index contributed by atoms with van der Waals surface area (Å²) in [4.78, 5) is 38.4. The lowest BCUT2D eigenvalue weighted by Crippen LogP contribution is -2.44. The van der Waals surface area contributed by atoms with Crippen molar-refractivity contribution in [1.29, 1.82) is 0 Å². The van der Waals surface area contributed by atoms with Gasteiger partial charge in [0.15, 0.2) is 0 Å². The van der Waals surface area contributed by atoms with Crippen molar-refractivity contribution in [2.24, 2.45) is 5.73 Å². The molecule has 2 aromatic carbocycles. The van der Waals surface area contributed by atoms with Gasteiger partial charge in [-0.25, -0.2) is 4.98 Å². The molecule has 0 unspecified atom stereocenters. The summed E-state index contributed by atoms with van der Waals surface area (Å²) in [6.45, 7) is 4.53. The first kappa shape index (κ1) is 22.5. The lowest BCUT2D eigenvalue weighted by molar-refractivity contribution is 0.0998. The number of carbonyl (C=O) groups is 1. The molecule has 178 valence electrons. The van der Waals surface area contributed by atoms with Crippen LogP contribution in [0.15, 0.2) is 71.8 Å². The number of hydrogen-bond donors (Lipinski definition) is 2. The number of piperazine rings is 1. The Balaban J connectivity index is 1.45. The average molecular weight is 470 g/mol. The molecule has 1 amide bonds. The standard InChI is InChI=1S/C26H27N7O2/c1-31-11-13-32(14-12-31)20-9-7-19(8-10-20)29-26-28-15-21-23(34)22(24(27)35)17-33(25(21)30-26)16-18-5-3-2-4-6-18/h2-10,15,17H,11-14,16H2,1H3,(H2,27,35)(H,28,29,30). The number of fused-ring (bicyclic) bond motifs is 1. The molecule has 35 heavy (non-hydrogen) atoms. The van der Waals surface area contributed by atoms with E-state index in [0.717, 1.165) is 37.4 Å². The Morgan fingerprint density at radius 1 is 1.03 bits per heavy atom. The fourth-order valence-electron chi connectivity index (χ4n) is 4.26. The SMILES string of the molecule is CN1CCN(c2ccc(Nc3ncc4c(=O)c(C(N)=O)cn(Cc5ccccc5)c4n3)cc2)CC1. The number of nitrogens with two attached hydrogens (primary N) is 1. The van der Waals surface area contributed by atoms with Crippen LogP contribution in [0, 0.1) is 0 Å². The molecule has 1 saturated heterocycles. The van der Waals surface area contributed by atoms with Gasteiger partial charge < -0.3 is 25.4 Å². The van der Waals surface area contributed by atoms with Crippen LogP contribution in [0.5, 0.6) is 0 Å². The van der Waals surface area contributed by atoms with E-state index in [-0.39, 0.29) is 10.9 Å². The van der Waals surface area contributed by atoms with Crippen molar-refractivity contribution in [3.05, 3.63) is 88.3 Å². The van der Waals surface area contributed by atoms with Crippen molar-refractivity contribution in [3.8, 4) is 0 Å². The van der Waals surface area contributed by atoms with Crippen molar-refractivity contribution in [2.75, 3.05) is 43.4 Å². The summed E-state index contributed by atoms with van der Waals surface area (Å²) in [6, 6.07) is 17.9. The van der Waals surface area contributed by atoms with Crippen molar-refractivity contribution in [3.63, 3.8) is 0 Å². The number of amides is 1. The van der Waals surface area contributed by atoms with Gasteiger partial charge in [0, 0.05) is 56.5 Å². The lowest BCUT2D eigenvalue weighted by Gasteiger charge is -2.34. The van der Waals surface area contributed by atoms with E-state index in [4.69, 9.17) is 5.73 Å². The minimum Gasteiger partial charge on any atom is -0.369 e. The molecule has 0 aliphatic carbocycles. The molecule has 0 radical (unpaired) electrons. The van der Waals surface area contributed by atoms with Gasteiger partial charge in [-0.15, -0.1) is 0 Å². The van der Waals surface area contributed by atoms with Crippen molar-refractivity contribution >= 4 is 34.3 Å². The quantitative estimate of drug-likeness (QED) is 0.446. The normalized spacial score (nSPS) is 14.3. The number of anilines is 3. The van der Waals surface area contributed by atoms with Gasteiger partial charge in [0.1, 0.15) is 11.2 Å². The Morgan fingerprint density at radius 2 is 1.74 bits per heavy atom. The molecule has 3 heterocycles. The summed E-state index contributed by atoms with van der Waals surface area (Å²) in [5.74, 6) is -0.417. The zero-order valence-electron chi connectivity index (χ0n) is 19.5. The second-order valence-electron chi connectivity index (χ2n) is 8.74. The summed E-state index contributed by atoms with van der Waals surface area (Å²) in [5.41, 5.74) is 8.35. The number of aromatic nitrogens is 3. The van der Waals surface area contributed by atoms with Crippen LogP contribution in [-0.4, -0.2) is 58.6 Å². The Bertz CT molecular complexity index is 1410. The molecule has 5 rings (SSSR count). The van der Waals surface area contributed by atoms with Gasteiger partial charge in [0.25, 0.3) is 5.91 Å². The summed E-state index contributed by atoms with van der Waals surface area (Å²) in [6.07, 6.45) is 2.92. The molecule has 9 nitrogen and oxygen atoms in total. The Kier molecular flexibility index (Phi) is 6.15. The van der Waals surface area contributed by atoms with Crippen LogP contribution in [0.3, 0.4) is 0 Å². The fraction of sp³-hybridized carbons (Fsp3) is 0.231. The molecular weight excluding hydrogens is 442 g/mol. The smallest absolute Gasteiger partial charge is 0.254 e. The van der Waals surface area contributed by atoms with E-state index in [1.807, 2.05) is 42.5 Å². The Morgan fingerprint density at radius 3 is 2.43 bits per heavy atom. The van der Waals surface area contributed by atoms with Gasteiger partial charge in [-0.1, -0.05) is 30.3 Å². The minimum absolute atomic E-state index is 0.0859. The molecule has 0 atom stereocenters. The minimum atomic E-state index is -0.777. The molecule has 0 bridgehead atoms. The molecule has 0 saturated carbocycles. The number of carbonyl (C=O) groups excluding carboxylic acids is 1. The summed E-state index contributed by atoms with van der Waals surface area (Å²) in [5, 5.41) is 3.47. The van der Waals surface area contributed by atoms with E-state index >= 15 is 0 Å². The zero-order chi connectivity index (χ0) is 24.4. The predicted molar refractivity (Wildman–Crippen MR) is 137 cm³/mol. The maximum atomic E-state index is 12.8. The van der Waals surface area contributed by atoms with Crippen LogP contribution in [0.4, 0.5) is 17.3 Å². The number of hydrogen-bond acceptors (Lipinski definition) is 7. The van der Waals surface area contributed by atoms with Gasteiger partial charge in [0.05, 0.1) is 5.39 Å². The lowest BCUT2D eigenvalue weighted by atomic mass is 10.1. The van der Waals surface area contributed by atoms with Crippen molar-refractivity contribution < 1.29 is 4.79 Å². The molecule has 9 heteroatoms. The fourth-order valence-corrected chi connectivity index (χ4v) is 4.26. The number of likely N-dealkylation sites (N-methyl/N-ethyl adjacent to an activating group) is 1. The Hall–Kier alpha value is -4.24. The molecule has 2 aromatic heterocycles. The number of benzene rings is 2. The van der Waals surface area contributed by atoms with Crippen molar-refractivity contribution in [1.82, 2.24) is 19.4 Å². The van der Waals surface area contributed by atoms with Gasteiger partial charge >= 0.3 is 0 Å². The summed E-state index contributed by atoms with van der Waals surface area (Å²) < 4.78 is 1.76. The largest absolute Gasteiger partial charge is 0.369 e. The van der Waals surface area contributed by atoms with Crippen LogP contribution in [0.25, 0.3) is 11.0 Å². The van der Waals surface area contributed by atoms with Crippen LogP contribution < -0.4 is 21.4 Å². The van der Waals surface area contributed by atoms with E-state index in [1.165, 1.54) is 18.1 Å². The zero-order valence-corrected chi connectivity index (χ0v) is 19.5. The van der Waals surface area contributed by atoms with Crippen LogP contribution in [0.2, 0.25) is 0 Å². The number of pyridine rings is 1. The maximum Gasteiger partial charge on any atom is 0.254 e. The first-order chi connectivity index (χ1) is 17.0. The average Bonchev–Trinajstić information content (AvgIpc) is 2.87. The highest BCUT2D eigenvalue weighted by molar-refractivity contribution is 5.95. The third-order valence-electron chi connectivity index (χ3n) is 6.27. The molecule has 0 spiro atoms. The van der Waals surface area contributed by atoms with Crippen LogP contribution in [-0.2, 0) is 6.54 Å². The van der Waals surface area contributed by atoms with Gasteiger partial charge in [0.2, 0.25) is 11.4 Å². The molecule has 3 N–H and O–H groups in total. The third kappa shape index (κ3) is 4.85. The molecule has 4 aromatic rings. The number of rotatable bonds is 6. The number of primary amides is 1. The number of nitrogens with zero attached hydrogens (tertiary/aromatic N) is 5. The Labute approximate surface area is 202 Å². The highest BCUT2D eigenvalue weighted by Crippen LogP contribution is 2.22. The van der Waals surface area contributed by atoms with Gasteiger partial charge in [-0.05, 0) is 36.9 Å². The van der Waals surface area contributed by atoms with E-state index in [2.05, 4.69) is 44.3 Å². The van der Waals surface area contributed by atoms with E-state index in [9.17, 15) is 9.59 Å². The third-order valence-corrected chi connectivity index (χ3v) is 6.27. The summed E-state index contributed by atoms with van der Waals surface area (Å²) >= 11 is 0. The molecular formula is C26H27N7O2. The van der Waals surface area contributed by atoms with E-state index in [0.29, 0.717) is 18.1 Å². The molecule has 1 aliphatic heterocycles. The van der Waals surface area contributed by atoms with Crippen LogP contribution in [0.1, 0.15) is 15.9 Å². The van der Waals surface area contributed by atoms with Crippen LogP contribution >= 0.6 is 0 Å². The highest BCUT2D eigenvalue weighted by Gasteiger charge is 2.17. The second kappa shape index (κ2) is 9.55. The van der Waals surface area contributed by atoms with E-state index in [1.54, 1.807) is 4.57 Å². The predicted octanol–water partition coefficient (Wildman–Crippen LogP) is 2.43. The molecule has 1 fully saturated rings. The monoisotopic (exact) mass is 469 g/mol. The first-order valence-electron chi connectivity index (χ1n) is 11.5. The second-order valence-corrected chi connectivity index (χ2v) is 8.74. The van der Waals surface area contributed by atoms with Crippen molar-refractivity contribution in [2.45, 2.75) is 6.54 Å². The first-order valence-corrected chi connectivity index (χ1v) is 11.5. The topological polar surface area (TPSA) is 109 Å².